The van der Waals surface area contributed by atoms with E-state index in [2.05, 4.69) is 23.2 Å². The van der Waals surface area contributed by atoms with Crippen molar-refractivity contribution in [2.45, 2.75) is 12.8 Å². The molecule has 0 aromatic carbocycles. The maximum Gasteiger partial charge on any atom is 0.0713 e. The van der Waals surface area contributed by atoms with E-state index in [0.717, 1.165) is 0 Å². The van der Waals surface area contributed by atoms with Gasteiger partial charge in [-0.25, -0.2) is 0 Å². The van der Waals surface area contributed by atoms with Gasteiger partial charge >= 0.3 is 0 Å². The highest BCUT2D eigenvalue weighted by atomic mass is 32.2. The Morgan fingerprint density at radius 2 is 2.33 bits per heavy atom. The van der Waals surface area contributed by atoms with Gasteiger partial charge in [-0.2, -0.15) is 0 Å². The number of hydrogen-bond acceptors (Lipinski definition) is 3. The Kier molecular flexibility index (Phi) is 4.09. The van der Waals surface area contributed by atoms with Crippen molar-refractivity contribution in [2.75, 3.05) is 33.4 Å². The van der Waals surface area contributed by atoms with Crippen LogP contribution in [0.2, 0.25) is 0 Å². The minimum Gasteiger partial charge on any atom is -0.306 e. The van der Waals surface area contributed by atoms with E-state index in [1.807, 2.05) is 7.05 Å². The van der Waals surface area contributed by atoms with Crippen LogP contribution in [0.5, 0.6) is 0 Å². The van der Waals surface area contributed by atoms with Gasteiger partial charge in [-0.15, -0.1) is 11.8 Å². The van der Waals surface area contributed by atoms with Crippen molar-refractivity contribution < 1.29 is 0 Å². The van der Waals surface area contributed by atoms with Gasteiger partial charge < -0.3 is 4.90 Å². The van der Waals surface area contributed by atoms with Crippen LogP contribution >= 0.6 is 11.8 Å². The molecule has 0 amide bonds. The molecule has 0 aliphatic carbocycles. The molecule has 0 saturated carbocycles. The lowest BCUT2D eigenvalue weighted by Gasteiger charge is -2.29. The summed E-state index contributed by atoms with van der Waals surface area (Å²) in [5, 5.41) is 1.32. The molecule has 1 aliphatic rings. The van der Waals surface area contributed by atoms with Gasteiger partial charge in [0.1, 0.15) is 0 Å². The van der Waals surface area contributed by atoms with Crippen LogP contribution in [0.1, 0.15) is 12.8 Å². The normalized spacial score (nSPS) is 27.6. The summed E-state index contributed by atoms with van der Waals surface area (Å²) in [5.41, 5.74) is 0. The molecular weight excluding hydrogens is 168 g/mol. The molecule has 1 rings (SSSR count). The van der Waals surface area contributed by atoms with Crippen LogP contribution < -0.4 is 0 Å². The molecule has 1 heterocycles. The van der Waals surface area contributed by atoms with Gasteiger partial charge in [-0.1, -0.05) is 0 Å². The van der Waals surface area contributed by atoms with Crippen molar-refractivity contribution in [3.63, 3.8) is 0 Å². The molecule has 1 aliphatic heterocycles. The molecule has 0 aromatic heterocycles. The third kappa shape index (κ3) is 2.49. The van der Waals surface area contributed by atoms with Crippen LogP contribution in [0, 0.1) is 5.92 Å². The van der Waals surface area contributed by atoms with Crippen LogP contribution in [0.25, 0.3) is 0 Å². The fourth-order valence-corrected chi connectivity index (χ4v) is 2.52. The molecule has 1 saturated heterocycles. The lowest BCUT2D eigenvalue weighted by molar-refractivity contribution is 0.248. The zero-order valence-electron chi connectivity index (χ0n) is 8.21. The Balaban J connectivity index is 2.50. The number of aliphatic imine (C=N–C) groups is 1. The maximum absolute atomic E-state index is 4.32. The van der Waals surface area contributed by atoms with Crippen LogP contribution in [-0.4, -0.2) is 43.4 Å². The Labute approximate surface area is 79.4 Å². The first-order valence-electron chi connectivity index (χ1n) is 4.47. The summed E-state index contributed by atoms with van der Waals surface area (Å²) in [6.45, 7) is 2.44. The van der Waals surface area contributed by atoms with Crippen molar-refractivity contribution in [1.82, 2.24) is 4.90 Å². The van der Waals surface area contributed by atoms with Gasteiger partial charge in [0.05, 0.1) is 5.04 Å². The van der Waals surface area contributed by atoms with Crippen LogP contribution in [0.4, 0.5) is 0 Å². The summed E-state index contributed by atoms with van der Waals surface area (Å²) in [6, 6.07) is 0. The summed E-state index contributed by atoms with van der Waals surface area (Å²) < 4.78 is 0. The zero-order chi connectivity index (χ0) is 8.97. The van der Waals surface area contributed by atoms with Gasteiger partial charge in [0.15, 0.2) is 0 Å². The average Bonchev–Trinajstić information content (AvgIpc) is 2.07. The SMILES string of the molecule is CN=C(SC)C1CCCN(C)C1. The van der Waals surface area contributed by atoms with Gasteiger partial charge in [-0.05, 0) is 32.7 Å². The van der Waals surface area contributed by atoms with E-state index in [-0.39, 0.29) is 0 Å². The molecule has 1 atom stereocenters. The summed E-state index contributed by atoms with van der Waals surface area (Å²) in [6.07, 6.45) is 4.76. The molecule has 0 radical (unpaired) electrons. The van der Waals surface area contributed by atoms with Crippen molar-refractivity contribution in [1.29, 1.82) is 0 Å². The van der Waals surface area contributed by atoms with E-state index >= 15 is 0 Å². The average molecular weight is 186 g/mol. The standard InChI is InChI=1S/C9H18N2S/c1-10-9(12-3)8-5-4-6-11(2)7-8/h8H,4-7H2,1-3H3. The molecule has 0 bridgehead atoms. The minimum absolute atomic E-state index is 0.698. The topological polar surface area (TPSA) is 15.6 Å². The second-order valence-corrected chi connectivity index (χ2v) is 4.19. The van der Waals surface area contributed by atoms with Crippen LogP contribution in [-0.2, 0) is 0 Å². The molecule has 12 heavy (non-hydrogen) atoms. The van der Waals surface area contributed by atoms with E-state index in [1.54, 1.807) is 11.8 Å². The Morgan fingerprint density at radius 3 is 2.83 bits per heavy atom. The molecule has 1 fully saturated rings. The number of rotatable bonds is 1. The van der Waals surface area contributed by atoms with E-state index in [4.69, 9.17) is 0 Å². The summed E-state index contributed by atoms with van der Waals surface area (Å²) in [7, 11) is 4.10. The molecule has 0 spiro atoms. The van der Waals surface area contributed by atoms with Crippen LogP contribution in [0.15, 0.2) is 4.99 Å². The maximum atomic E-state index is 4.32. The third-order valence-corrected chi connectivity index (χ3v) is 3.34. The first kappa shape index (κ1) is 10.1. The second kappa shape index (κ2) is 4.87. The Morgan fingerprint density at radius 1 is 1.58 bits per heavy atom. The second-order valence-electron chi connectivity index (χ2n) is 3.37. The van der Waals surface area contributed by atoms with E-state index in [0.29, 0.717) is 5.92 Å². The lowest BCUT2D eigenvalue weighted by Crippen LogP contribution is -2.35. The molecule has 0 aromatic rings. The van der Waals surface area contributed by atoms with E-state index in [1.165, 1.54) is 31.0 Å². The smallest absolute Gasteiger partial charge is 0.0713 e. The molecule has 3 heteroatoms. The van der Waals surface area contributed by atoms with Gasteiger partial charge in [0.25, 0.3) is 0 Å². The highest BCUT2D eigenvalue weighted by Gasteiger charge is 2.20. The number of hydrogen-bond donors (Lipinski definition) is 0. The first-order chi connectivity index (χ1) is 5.77. The number of piperidine rings is 1. The minimum atomic E-state index is 0.698. The van der Waals surface area contributed by atoms with Crippen molar-refractivity contribution in [3.05, 3.63) is 0 Å². The van der Waals surface area contributed by atoms with E-state index in [9.17, 15) is 0 Å². The first-order valence-corrected chi connectivity index (χ1v) is 5.69. The quantitative estimate of drug-likeness (QED) is 0.458. The van der Waals surface area contributed by atoms with Crippen LogP contribution in [0.3, 0.4) is 0 Å². The van der Waals surface area contributed by atoms with Crippen molar-refractivity contribution in [3.8, 4) is 0 Å². The number of nitrogens with zero attached hydrogens (tertiary/aromatic N) is 2. The highest BCUT2D eigenvalue weighted by molar-refractivity contribution is 8.13. The predicted molar refractivity (Wildman–Crippen MR) is 57.1 cm³/mol. The molecule has 2 nitrogen and oxygen atoms in total. The Bertz CT molecular complexity index is 168. The molecule has 0 N–H and O–H groups in total. The molecule has 70 valence electrons. The number of thioether (sulfide) groups is 1. The number of likely N-dealkylation sites (tertiary alicyclic amines) is 1. The monoisotopic (exact) mass is 186 g/mol. The summed E-state index contributed by atoms with van der Waals surface area (Å²) in [4.78, 5) is 6.72. The summed E-state index contributed by atoms with van der Waals surface area (Å²) in [5.74, 6) is 0.698. The molecular formula is C9H18N2S. The van der Waals surface area contributed by atoms with Gasteiger partial charge in [0.2, 0.25) is 0 Å². The third-order valence-electron chi connectivity index (χ3n) is 2.40. The molecule has 1 unspecified atom stereocenters. The largest absolute Gasteiger partial charge is 0.306 e. The lowest BCUT2D eigenvalue weighted by atomic mass is 10.00. The summed E-state index contributed by atoms with van der Waals surface area (Å²) >= 11 is 1.80. The fourth-order valence-electron chi connectivity index (χ4n) is 1.81. The van der Waals surface area contributed by atoms with Crippen molar-refractivity contribution in [2.24, 2.45) is 10.9 Å². The fraction of sp³-hybridized carbons (Fsp3) is 0.889. The Hall–Kier alpha value is -0.0200. The van der Waals surface area contributed by atoms with Gasteiger partial charge in [-0.3, -0.25) is 4.99 Å². The zero-order valence-corrected chi connectivity index (χ0v) is 9.02. The van der Waals surface area contributed by atoms with Gasteiger partial charge in [0, 0.05) is 19.5 Å². The van der Waals surface area contributed by atoms with E-state index < -0.39 is 0 Å². The predicted octanol–water partition coefficient (Wildman–Crippen LogP) is 1.72. The van der Waals surface area contributed by atoms with Crippen molar-refractivity contribution >= 4 is 16.8 Å². The highest BCUT2D eigenvalue weighted by Crippen LogP contribution is 2.21.